The van der Waals surface area contributed by atoms with Gasteiger partial charge < -0.3 is 0 Å². The molecular formula is C15H13BrFN. The number of aromatic nitrogens is 1. The third-order valence-electron chi connectivity index (χ3n) is 2.74. The summed E-state index contributed by atoms with van der Waals surface area (Å²) < 4.78 is 13.8. The largest absolute Gasteiger partial charge is 0.255 e. The van der Waals surface area contributed by atoms with Gasteiger partial charge in [0.05, 0.1) is 5.69 Å². The Bertz CT molecular complexity index is 588. The van der Waals surface area contributed by atoms with Crippen molar-refractivity contribution >= 4 is 20.4 Å². The normalized spacial score (nSPS) is 11.7. The minimum Gasteiger partial charge on any atom is -0.255 e. The monoisotopic (exact) mass is 305 g/mol. The second kappa shape index (κ2) is 5.44. The Morgan fingerprint density at radius 1 is 1.22 bits per heavy atom. The van der Waals surface area contributed by atoms with Crippen molar-refractivity contribution in [3.8, 4) is 11.1 Å². The summed E-state index contributed by atoms with van der Waals surface area (Å²) in [7, 11) is 0. The van der Waals surface area contributed by atoms with Crippen molar-refractivity contribution in [2.45, 2.75) is 13.8 Å². The van der Waals surface area contributed by atoms with Crippen LogP contribution < -0.4 is 0 Å². The van der Waals surface area contributed by atoms with Crippen LogP contribution in [0, 0.1) is 12.7 Å². The number of pyridine rings is 1. The molecule has 92 valence electrons. The fourth-order valence-corrected chi connectivity index (χ4v) is 2.18. The summed E-state index contributed by atoms with van der Waals surface area (Å²) in [4.78, 5) is 4.44. The first-order chi connectivity index (χ1) is 8.61. The predicted molar refractivity (Wildman–Crippen MR) is 76.9 cm³/mol. The lowest BCUT2D eigenvalue weighted by molar-refractivity contribution is 0.628. The first-order valence-electron chi connectivity index (χ1n) is 5.66. The van der Waals surface area contributed by atoms with Crippen LogP contribution in [0.25, 0.3) is 15.6 Å². The van der Waals surface area contributed by atoms with E-state index in [1.54, 1.807) is 18.3 Å². The summed E-state index contributed by atoms with van der Waals surface area (Å²) >= 11 is 3.48. The Morgan fingerprint density at radius 2 is 1.89 bits per heavy atom. The Hall–Kier alpha value is -1.48. The van der Waals surface area contributed by atoms with E-state index in [9.17, 15) is 4.39 Å². The molecule has 0 unspecified atom stereocenters. The molecule has 1 heterocycles. The number of allylic oxidation sites excluding steroid dienone is 1. The molecule has 1 aromatic heterocycles. The average molecular weight is 306 g/mol. The number of benzene rings is 1. The highest BCUT2D eigenvalue weighted by atomic mass is 79.9. The van der Waals surface area contributed by atoms with Gasteiger partial charge in [-0.3, -0.25) is 4.98 Å². The number of nitrogens with zero attached hydrogens (tertiary/aromatic N) is 1. The Morgan fingerprint density at radius 3 is 2.44 bits per heavy atom. The van der Waals surface area contributed by atoms with E-state index < -0.39 is 0 Å². The lowest BCUT2D eigenvalue weighted by Gasteiger charge is -2.07. The molecule has 0 radical (unpaired) electrons. The molecule has 0 amide bonds. The van der Waals surface area contributed by atoms with Gasteiger partial charge in [0.2, 0.25) is 0 Å². The third-order valence-corrected chi connectivity index (χ3v) is 3.57. The van der Waals surface area contributed by atoms with E-state index in [1.165, 1.54) is 12.1 Å². The van der Waals surface area contributed by atoms with Crippen molar-refractivity contribution < 1.29 is 4.39 Å². The van der Waals surface area contributed by atoms with Crippen LogP contribution in [-0.2, 0) is 0 Å². The zero-order valence-corrected chi connectivity index (χ0v) is 11.8. The number of hydrogen-bond acceptors (Lipinski definition) is 1. The lowest BCUT2D eigenvalue weighted by Crippen LogP contribution is -1.91. The molecule has 2 rings (SSSR count). The zero-order chi connectivity index (χ0) is 13.1. The summed E-state index contributed by atoms with van der Waals surface area (Å²) in [6.07, 6.45) is 3.77. The minimum absolute atomic E-state index is 0.225. The molecule has 0 fully saturated rings. The topological polar surface area (TPSA) is 12.9 Å². The van der Waals surface area contributed by atoms with Crippen molar-refractivity contribution in [3.63, 3.8) is 0 Å². The van der Waals surface area contributed by atoms with Crippen LogP contribution in [0.2, 0.25) is 0 Å². The maximum Gasteiger partial charge on any atom is 0.123 e. The van der Waals surface area contributed by atoms with Crippen LogP contribution in [-0.4, -0.2) is 4.98 Å². The third kappa shape index (κ3) is 2.67. The second-order valence-corrected chi connectivity index (χ2v) is 4.89. The Kier molecular flexibility index (Phi) is 3.92. The van der Waals surface area contributed by atoms with Crippen LogP contribution in [0.3, 0.4) is 0 Å². The van der Waals surface area contributed by atoms with E-state index in [0.29, 0.717) is 0 Å². The van der Waals surface area contributed by atoms with Gasteiger partial charge in [-0.2, -0.15) is 0 Å². The SMILES string of the molecule is C/C=C(/Br)c1ncc(-c2ccc(F)cc2)cc1C. The quantitative estimate of drug-likeness (QED) is 0.765. The Balaban J connectivity index is 2.43. The van der Waals surface area contributed by atoms with Crippen LogP contribution in [0.15, 0.2) is 42.6 Å². The summed E-state index contributed by atoms with van der Waals surface area (Å²) in [6, 6.07) is 8.49. The van der Waals surface area contributed by atoms with Gasteiger partial charge in [0, 0.05) is 16.2 Å². The molecule has 0 saturated heterocycles. The minimum atomic E-state index is -0.225. The first kappa shape index (κ1) is 13.0. The Labute approximate surface area is 115 Å². The molecule has 0 aliphatic heterocycles. The lowest BCUT2D eigenvalue weighted by atomic mass is 10.0. The summed E-state index contributed by atoms with van der Waals surface area (Å²) in [5.74, 6) is -0.225. The highest BCUT2D eigenvalue weighted by Crippen LogP contribution is 2.26. The predicted octanol–water partition coefficient (Wildman–Crippen LogP) is 4.95. The molecule has 1 nitrogen and oxygen atoms in total. The molecule has 0 bridgehead atoms. The van der Waals surface area contributed by atoms with Crippen LogP contribution in [0.4, 0.5) is 4.39 Å². The molecule has 1 aromatic carbocycles. The maximum absolute atomic E-state index is 12.9. The molecule has 0 saturated carbocycles. The average Bonchev–Trinajstić information content (AvgIpc) is 2.38. The van der Waals surface area contributed by atoms with Gasteiger partial charge in [-0.1, -0.05) is 18.2 Å². The summed E-state index contributed by atoms with van der Waals surface area (Å²) in [6.45, 7) is 3.97. The highest BCUT2D eigenvalue weighted by molar-refractivity contribution is 9.15. The highest BCUT2D eigenvalue weighted by Gasteiger charge is 2.06. The van der Waals surface area contributed by atoms with Crippen LogP contribution in [0.1, 0.15) is 18.2 Å². The van der Waals surface area contributed by atoms with Gasteiger partial charge in [0.25, 0.3) is 0 Å². The van der Waals surface area contributed by atoms with E-state index in [2.05, 4.69) is 27.0 Å². The molecule has 0 atom stereocenters. The molecule has 2 aromatic rings. The van der Waals surface area contributed by atoms with Gasteiger partial charge in [-0.25, -0.2) is 4.39 Å². The van der Waals surface area contributed by atoms with Gasteiger partial charge in [-0.15, -0.1) is 0 Å². The van der Waals surface area contributed by atoms with Crippen LogP contribution >= 0.6 is 15.9 Å². The standard InChI is InChI=1S/C15H13BrFN/c1-3-14(16)15-10(2)8-12(9-18-15)11-4-6-13(17)7-5-11/h3-9H,1-2H3/b14-3+. The maximum atomic E-state index is 12.9. The first-order valence-corrected chi connectivity index (χ1v) is 6.46. The van der Waals surface area contributed by atoms with Gasteiger partial charge in [0.1, 0.15) is 5.82 Å². The number of hydrogen-bond donors (Lipinski definition) is 0. The summed E-state index contributed by atoms with van der Waals surface area (Å²) in [5.41, 5.74) is 3.98. The molecule has 3 heteroatoms. The number of rotatable bonds is 2. The molecule has 18 heavy (non-hydrogen) atoms. The fraction of sp³-hybridized carbons (Fsp3) is 0.133. The van der Waals surface area contributed by atoms with E-state index >= 15 is 0 Å². The van der Waals surface area contributed by atoms with E-state index in [0.717, 1.165) is 26.9 Å². The zero-order valence-electron chi connectivity index (χ0n) is 10.2. The van der Waals surface area contributed by atoms with Crippen molar-refractivity contribution in [3.05, 3.63) is 59.7 Å². The van der Waals surface area contributed by atoms with E-state index in [1.807, 2.05) is 19.9 Å². The van der Waals surface area contributed by atoms with Gasteiger partial charge in [-0.05, 0) is 59.1 Å². The smallest absolute Gasteiger partial charge is 0.123 e. The van der Waals surface area contributed by atoms with Gasteiger partial charge in [0.15, 0.2) is 0 Å². The van der Waals surface area contributed by atoms with Crippen LogP contribution in [0.5, 0.6) is 0 Å². The molecule has 0 aliphatic carbocycles. The molecule has 0 N–H and O–H groups in total. The van der Waals surface area contributed by atoms with Crippen molar-refractivity contribution in [2.75, 3.05) is 0 Å². The second-order valence-electron chi connectivity index (χ2n) is 4.03. The van der Waals surface area contributed by atoms with Gasteiger partial charge >= 0.3 is 0 Å². The molecule has 0 aliphatic rings. The summed E-state index contributed by atoms with van der Waals surface area (Å²) in [5, 5.41) is 0. The van der Waals surface area contributed by atoms with E-state index in [-0.39, 0.29) is 5.82 Å². The van der Waals surface area contributed by atoms with E-state index in [4.69, 9.17) is 0 Å². The fourth-order valence-electron chi connectivity index (χ4n) is 1.76. The molecular weight excluding hydrogens is 293 g/mol. The number of aryl methyl sites for hydroxylation is 1. The van der Waals surface area contributed by atoms with Crippen molar-refractivity contribution in [1.29, 1.82) is 0 Å². The molecule has 0 spiro atoms. The van der Waals surface area contributed by atoms with Crippen molar-refractivity contribution in [2.24, 2.45) is 0 Å². The van der Waals surface area contributed by atoms with Crippen molar-refractivity contribution in [1.82, 2.24) is 4.98 Å². The number of halogens is 2.